The molecule has 0 amide bonds. The van der Waals surface area contributed by atoms with Crippen LogP contribution in [-0.2, 0) is 10.9 Å². The molecule has 0 saturated heterocycles. The lowest BCUT2D eigenvalue weighted by molar-refractivity contribution is -0.137. The molecule has 32 heavy (non-hydrogen) atoms. The molecule has 4 nitrogen and oxygen atoms in total. The van der Waals surface area contributed by atoms with E-state index in [1.165, 1.54) is 12.1 Å². The van der Waals surface area contributed by atoms with Crippen LogP contribution in [-0.4, -0.2) is 17.1 Å². The number of rotatable bonds is 5. The van der Waals surface area contributed by atoms with Gasteiger partial charge in [0.05, 0.1) is 29.4 Å². The summed E-state index contributed by atoms with van der Waals surface area (Å²) < 4.78 is 45.5. The van der Waals surface area contributed by atoms with Gasteiger partial charge in [0.25, 0.3) is 0 Å². The Balaban J connectivity index is 2.00. The van der Waals surface area contributed by atoms with E-state index in [4.69, 9.17) is 4.74 Å². The summed E-state index contributed by atoms with van der Waals surface area (Å²) in [6.07, 6.45) is -2.78. The molecule has 0 unspecified atom stereocenters. The number of alkyl halides is 3. The zero-order valence-corrected chi connectivity index (χ0v) is 17.8. The number of nitrogens with zero attached hydrogens (tertiary/aromatic N) is 2. The molecule has 0 bridgehead atoms. The summed E-state index contributed by atoms with van der Waals surface area (Å²) in [5.41, 5.74) is 3.52. The zero-order chi connectivity index (χ0) is 23.5. The van der Waals surface area contributed by atoms with E-state index in [-0.39, 0.29) is 12.2 Å². The number of carbonyl (C=O) groups excluding carboxylic acids is 1. The van der Waals surface area contributed by atoms with Crippen LogP contribution < -0.4 is 0 Å². The first-order valence-electron chi connectivity index (χ1n) is 9.91. The number of benzene rings is 2. The summed E-state index contributed by atoms with van der Waals surface area (Å²) in [5, 5.41) is 9.60. The highest BCUT2D eigenvalue weighted by Crippen LogP contribution is 2.31. The van der Waals surface area contributed by atoms with E-state index in [1.54, 1.807) is 31.2 Å². The summed E-state index contributed by atoms with van der Waals surface area (Å²) >= 11 is 0. The van der Waals surface area contributed by atoms with E-state index >= 15 is 0 Å². The van der Waals surface area contributed by atoms with E-state index in [0.29, 0.717) is 11.1 Å². The molecule has 0 aliphatic carbocycles. The van der Waals surface area contributed by atoms with E-state index in [9.17, 15) is 23.2 Å². The molecule has 0 radical (unpaired) electrons. The minimum absolute atomic E-state index is 0.249. The van der Waals surface area contributed by atoms with Crippen molar-refractivity contribution in [3.8, 4) is 11.8 Å². The summed E-state index contributed by atoms with van der Waals surface area (Å²) in [6, 6.07) is 15.5. The first-order chi connectivity index (χ1) is 15.2. The molecule has 3 aromatic rings. The molecule has 1 aromatic heterocycles. The van der Waals surface area contributed by atoms with Crippen LogP contribution in [0.2, 0.25) is 0 Å². The predicted octanol–water partition coefficient (Wildman–Crippen LogP) is 6.35. The lowest BCUT2D eigenvalue weighted by Crippen LogP contribution is -2.06. The van der Waals surface area contributed by atoms with Crippen LogP contribution in [0.5, 0.6) is 0 Å². The maximum absolute atomic E-state index is 12.8. The van der Waals surface area contributed by atoms with Gasteiger partial charge in [-0.2, -0.15) is 18.4 Å². The average molecular weight is 438 g/mol. The number of halogens is 3. The van der Waals surface area contributed by atoms with Crippen molar-refractivity contribution >= 4 is 17.6 Å². The first-order valence-corrected chi connectivity index (χ1v) is 9.91. The maximum Gasteiger partial charge on any atom is 0.416 e. The number of aryl methyl sites for hydroxylation is 1. The second kappa shape index (κ2) is 9.15. The van der Waals surface area contributed by atoms with E-state index in [2.05, 4.69) is 6.07 Å². The lowest BCUT2D eigenvalue weighted by atomic mass is 10.0. The van der Waals surface area contributed by atoms with E-state index in [1.807, 2.05) is 30.5 Å². The average Bonchev–Trinajstić information content (AvgIpc) is 3.04. The van der Waals surface area contributed by atoms with Crippen LogP contribution >= 0.6 is 0 Å². The Morgan fingerprint density at radius 2 is 1.78 bits per heavy atom. The highest BCUT2D eigenvalue weighted by atomic mass is 19.4. The van der Waals surface area contributed by atoms with Crippen molar-refractivity contribution in [1.29, 1.82) is 5.26 Å². The van der Waals surface area contributed by atoms with Gasteiger partial charge in [0.15, 0.2) is 0 Å². The Hall–Kier alpha value is -3.79. The van der Waals surface area contributed by atoms with Crippen LogP contribution in [0.3, 0.4) is 0 Å². The van der Waals surface area contributed by atoms with Gasteiger partial charge in [-0.3, -0.25) is 0 Å². The van der Waals surface area contributed by atoms with Crippen LogP contribution in [0.25, 0.3) is 17.3 Å². The van der Waals surface area contributed by atoms with Gasteiger partial charge in [0.1, 0.15) is 0 Å². The molecule has 2 aromatic carbocycles. The second-order valence-corrected chi connectivity index (χ2v) is 7.18. The van der Waals surface area contributed by atoms with Crippen LogP contribution in [0, 0.1) is 25.2 Å². The Bertz CT molecular complexity index is 1210. The van der Waals surface area contributed by atoms with Gasteiger partial charge in [-0.25, -0.2) is 4.79 Å². The van der Waals surface area contributed by atoms with Gasteiger partial charge in [0, 0.05) is 17.1 Å². The van der Waals surface area contributed by atoms with Gasteiger partial charge in [0.2, 0.25) is 0 Å². The molecular weight excluding hydrogens is 417 g/mol. The molecule has 0 aliphatic rings. The van der Waals surface area contributed by atoms with Crippen molar-refractivity contribution in [2.24, 2.45) is 0 Å². The topological polar surface area (TPSA) is 55.0 Å². The number of hydrogen-bond acceptors (Lipinski definition) is 3. The number of hydrogen-bond donors (Lipinski definition) is 0. The van der Waals surface area contributed by atoms with Gasteiger partial charge >= 0.3 is 12.1 Å². The molecule has 3 rings (SSSR count). The Morgan fingerprint density at radius 3 is 2.38 bits per heavy atom. The number of ether oxygens (including phenoxy) is 1. The van der Waals surface area contributed by atoms with E-state index in [0.717, 1.165) is 34.8 Å². The smallest absolute Gasteiger partial charge is 0.416 e. The van der Waals surface area contributed by atoms with Crippen molar-refractivity contribution in [2.75, 3.05) is 6.61 Å². The largest absolute Gasteiger partial charge is 0.462 e. The third kappa shape index (κ3) is 4.75. The minimum Gasteiger partial charge on any atom is -0.462 e. The standard InChI is InChI=1S/C25H21F3N2O2/c1-4-32-24(31)19-6-5-7-23(14-19)30-16(2)12-20(17(30)3)13-21(15-29)18-8-10-22(11-9-18)25(26,27)28/h5-14H,4H2,1-3H3/b21-13-. The first kappa shape index (κ1) is 22.9. The summed E-state index contributed by atoms with van der Waals surface area (Å²) in [5.74, 6) is -0.411. The van der Waals surface area contributed by atoms with Gasteiger partial charge in [-0.15, -0.1) is 0 Å². The Morgan fingerprint density at radius 1 is 1.09 bits per heavy atom. The van der Waals surface area contributed by atoms with Crippen LogP contribution in [0.1, 0.15) is 45.4 Å². The third-order valence-electron chi connectivity index (χ3n) is 5.03. The monoisotopic (exact) mass is 438 g/mol. The van der Waals surface area contributed by atoms with Gasteiger partial charge in [-0.05, 0) is 74.4 Å². The Labute approximate surface area is 184 Å². The maximum atomic E-state index is 12.8. The quantitative estimate of drug-likeness (QED) is 0.344. The lowest BCUT2D eigenvalue weighted by Gasteiger charge is -2.11. The fourth-order valence-electron chi connectivity index (χ4n) is 3.49. The molecule has 0 saturated carbocycles. The van der Waals surface area contributed by atoms with Crippen molar-refractivity contribution in [2.45, 2.75) is 26.9 Å². The summed E-state index contributed by atoms with van der Waals surface area (Å²) in [4.78, 5) is 12.1. The molecule has 0 fully saturated rings. The normalized spacial score (nSPS) is 11.8. The molecule has 1 heterocycles. The number of carbonyl (C=O) groups is 1. The summed E-state index contributed by atoms with van der Waals surface area (Å²) in [6.45, 7) is 5.79. The number of nitriles is 1. The van der Waals surface area contributed by atoms with Crippen LogP contribution in [0.4, 0.5) is 13.2 Å². The predicted molar refractivity (Wildman–Crippen MR) is 116 cm³/mol. The summed E-state index contributed by atoms with van der Waals surface area (Å²) in [7, 11) is 0. The third-order valence-corrected chi connectivity index (χ3v) is 5.03. The SMILES string of the molecule is CCOC(=O)c1cccc(-n2c(C)cc(/C=C(/C#N)c3ccc(C(F)(F)F)cc3)c2C)c1. The highest BCUT2D eigenvalue weighted by Gasteiger charge is 2.30. The van der Waals surface area contributed by atoms with Crippen molar-refractivity contribution in [1.82, 2.24) is 4.57 Å². The zero-order valence-electron chi connectivity index (χ0n) is 17.8. The fourth-order valence-corrected chi connectivity index (χ4v) is 3.49. The van der Waals surface area contributed by atoms with E-state index < -0.39 is 17.7 Å². The Kier molecular flexibility index (Phi) is 6.54. The van der Waals surface area contributed by atoms with Gasteiger partial charge in [-0.1, -0.05) is 18.2 Å². The van der Waals surface area contributed by atoms with Crippen molar-refractivity contribution in [3.63, 3.8) is 0 Å². The fraction of sp³-hybridized carbons (Fsp3) is 0.200. The molecule has 7 heteroatoms. The minimum atomic E-state index is -4.43. The molecular formula is C25H21F3N2O2. The molecule has 0 aliphatic heterocycles. The van der Waals surface area contributed by atoms with Crippen LogP contribution in [0.15, 0.2) is 54.6 Å². The molecule has 164 valence electrons. The number of allylic oxidation sites excluding steroid dienone is 1. The van der Waals surface area contributed by atoms with Crippen molar-refractivity contribution < 1.29 is 22.7 Å². The van der Waals surface area contributed by atoms with Gasteiger partial charge < -0.3 is 9.30 Å². The highest BCUT2D eigenvalue weighted by molar-refractivity contribution is 5.91. The number of esters is 1. The van der Waals surface area contributed by atoms with Crippen molar-refractivity contribution in [3.05, 3.63) is 88.2 Å². The number of aromatic nitrogens is 1. The molecule has 0 N–H and O–H groups in total. The molecule has 0 spiro atoms. The molecule has 0 atom stereocenters. The second-order valence-electron chi connectivity index (χ2n) is 7.18.